The maximum absolute atomic E-state index is 13.0. The van der Waals surface area contributed by atoms with Crippen LogP contribution in [0.1, 0.15) is 34.8 Å². The van der Waals surface area contributed by atoms with E-state index in [0.717, 1.165) is 48.0 Å². The number of rotatable bonds is 2. The summed E-state index contributed by atoms with van der Waals surface area (Å²) in [6, 6.07) is 9.74. The molecule has 1 N–H and O–H groups in total. The molecule has 1 amide bonds. The normalized spacial score (nSPS) is 18.3. The number of pyridine rings is 1. The molecule has 1 saturated heterocycles. The molecular formula is C18H18N4O. The Hall–Kier alpha value is -2.69. The Labute approximate surface area is 134 Å². The highest BCUT2D eigenvalue weighted by Gasteiger charge is 2.26. The van der Waals surface area contributed by atoms with E-state index in [4.69, 9.17) is 0 Å². The summed E-state index contributed by atoms with van der Waals surface area (Å²) in [5.74, 6) is 0.442. The zero-order valence-electron chi connectivity index (χ0n) is 12.8. The average molecular weight is 306 g/mol. The third-order valence-electron chi connectivity index (χ3n) is 4.58. The molecule has 0 spiro atoms. The average Bonchev–Trinajstić information content (AvgIpc) is 3.15. The van der Waals surface area contributed by atoms with Gasteiger partial charge in [-0.2, -0.15) is 5.10 Å². The van der Waals surface area contributed by atoms with Crippen molar-refractivity contribution >= 4 is 16.7 Å². The first-order chi connectivity index (χ1) is 11.3. The molecule has 0 aliphatic carbocycles. The lowest BCUT2D eigenvalue weighted by Gasteiger charge is -2.32. The van der Waals surface area contributed by atoms with Crippen LogP contribution < -0.4 is 0 Å². The first-order valence-electron chi connectivity index (χ1n) is 7.94. The summed E-state index contributed by atoms with van der Waals surface area (Å²) in [5, 5.41) is 9.04. The van der Waals surface area contributed by atoms with Gasteiger partial charge in [-0.1, -0.05) is 12.1 Å². The Morgan fingerprint density at radius 1 is 1.22 bits per heavy atom. The van der Waals surface area contributed by atoms with Crippen LogP contribution in [0, 0.1) is 0 Å². The molecule has 0 bridgehead atoms. The van der Waals surface area contributed by atoms with Crippen molar-refractivity contribution in [1.82, 2.24) is 20.1 Å². The molecule has 4 rings (SSSR count). The predicted molar refractivity (Wildman–Crippen MR) is 88.2 cm³/mol. The predicted octanol–water partition coefficient (Wildman–Crippen LogP) is 2.98. The largest absolute Gasteiger partial charge is 0.338 e. The van der Waals surface area contributed by atoms with Crippen LogP contribution in [0.2, 0.25) is 0 Å². The second kappa shape index (κ2) is 5.83. The Morgan fingerprint density at radius 3 is 3.04 bits per heavy atom. The maximum atomic E-state index is 13.0. The fraction of sp³-hybridized carbons (Fsp3) is 0.278. The van der Waals surface area contributed by atoms with Gasteiger partial charge in [0.2, 0.25) is 0 Å². The maximum Gasteiger partial charge on any atom is 0.254 e. The highest BCUT2D eigenvalue weighted by Crippen LogP contribution is 2.27. The monoisotopic (exact) mass is 306 g/mol. The lowest BCUT2D eigenvalue weighted by Crippen LogP contribution is -2.39. The lowest BCUT2D eigenvalue weighted by atomic mass is 9.94. The van der Waals surface area contributed by atoms with Gasteiger partial charge in [-0.3, -0.25) is 14.9 Å². The van der Waals surface area contributed by atoms with Crippen molar-refractivity contribution in [3.63, 3.8) is 0 Å². The summed E-state index contributed by atoms with van der Waals surface area (Å²) in [6.07, 6.45) is 7.42. The molecule has 1 aliphatic rings. The van der Waals surface area contributed by atoms with Gasteiger partial charge in [0.15, 0.2) is 0 Å². The second-order valence-corrected chi connectivity index (χ2v) is 6.00. The van der Waals surface area contributed by atoms with Crippen LogP contribution in [0.25, 0.3) is 10.8 Å². The number of amides is 1. The second-order valence-electron chi connectivity index (χ2n) is 6.00. The van der Waals surface area contributed by atoms with E-state index >= 15 is 0 Å². The topological polar surface area (TPSA) is 61.9 Å². The molecule has 1 aliphatic heterocycles. The van der Waals surface area contributed by atoms with Crippen LogP contribution in [0.3, 0.4) is 0 Å². The van der Waals surface area contributed by atoms with Crippen LogP contribution in [0.4, 0.5) is 0 Å². The van der Waals surface area contributed by atoms with E-state index < -0.39 is 0 Å². The molecule has 0 radical (unpaired) electrons. The van der Waals surface area contributed by atoms with Crippen molar-refractivity contribution in [2.45, 2.75) is 18.8 Å². The number of nitrogens with one attached hydrogen (secondary N) is 1. The number of nitrogens with zero attached hydrogens (tertiary/aromatic N) is 3. The van der Waals surface area contributed by atoms with Crippen LogP contribution in [0.5, 0.6) is 0 Å². The fourth-order valence-electron chi connectivity index (χ4n) is 3.39. The molecule has 5 nitrogen and oxygen atoms in total. The Morgan fingerprint density at radius 2 is 2.17 bits per heavy atom. The highest BCUT2D eigenvalue weighted by molar-refractivity contribution is 6.06. The van der Waals surface area contributed by atoms with Gasteiger partial charge in [-0.15, -0.1) is 0 Å². The molecule has 0 saturated carbocycles. The van der Waals surface area contributed by atoms with E-state index in [9.17, 15) is 4.79 Å². The van der Waals surface area contributed by atoms with Crippen LogP contribution >= 0.6 is 0 Å². The van der Waals surface area contributed by atoms with Gasteiger partial charge in [-0.05, 0) is 36.4 Å². The molecule has 3 heterocycles. The number of piperidine rings is 1. The minimum Gasteiger partial charge on any atom is -0.338 e. The van der Waals surface area contributed by atoms with Crippen LogP contribution in [-0.4, -0.2) is 39.1 Å². The standard InChI is InChI=1S/C18H18N4O/c23-18(16-5-1-3-13-11-19-8-6-15(13)16)22-10-2-4-14(12-22)17-7-9-20-21-17/h1,3,5-9,11,14H,2,4,10,12H2,(H,20,21). The van der Waals surface area contributed by atoms with Gasteiger partial charge in [-0.25, -0.2) is 0 Å². The first kappa shape index (κ1) is 13.9. The van der Waals surface area contributed by atoms with Crippen LogP contribution in [0.15, 0.2) is 48.9 Å². The highest BCUT2D eigenvalue weighted by atomic mass is 16.2. The summed E-state index contributed by atoms with van der Waals surface area (Å²) in [5.41, 5.74) is 1.87. The number of aromatic nitrogens is 3. The molecule has 1 unspecified atom stereocenters. The first-order valence-corrected chi connectivity index (χ1v) is 7.94. The van der Waals surface area contributed by atoms with Crippen molar-refractivity contribution in [1.29, 1.82) is 0 Å². The fourth-order valence-corrected chi connectivity index (χ4v) is 3.39. The number of hydrogen-bond acceptors (Lipinski definition) is 3. The summed E-state index contributed by atoms with van der Waals surface area (Å²) >= 11 is 0. The number of benzene rings is 1. The van der Waals surface area contributed by atoms with E-state index in [-0.39, 0.29) is 5.91 Å². The smallest absolute Gasteiger partial charge is 0.254 e. The van der Waals surface area contributed by atoms with Gasteiger partial charge >= 0.3 is 0 Å². The number of carbonyl (C=O) groups excluding carboxylic acids is 1. The minimum absolute atomic E-state index is 0.103. The van der Waals surface area contributed by atoms with Gasteiger partial charge in [0.05, 0.1) is 0 Å². The van der Waals surface area contributed by atoms with Crippen LogP contribution in [-0.2, 0) is 0 Å². The molecule has 5 heteroatoms. The van der Waals surface area contributed by atoms with Crippen molar-refractivity contribution < 1.29 is 4.79 Å². The van der Waals surface area contributed by atoms with E-state index in [1.165, 1.54) is 0 Å². The molecule has 2 aromatic heterocycles. The third-order valence-corrected chi connectivity index (χ3v) is 4.58. The molecular weight excluding hydrogens is 288 g/mol. The lowest BCUT2D eigenvalue weighted by molar-refractivity contribution is 0.0708. The quantitative estimate of drug-likeness (QED) is 0.791. The molecule has 1 aromatic carbocycles. The Bertz CT molecular complexity index is 823. The zero-order chi connectivity index (χ0) is 15.6. The minimum atomic E-state index is 0.103. The van der Waals surface area contributed by atoms with Gasteiger partial charge in [0.25, 0.3) is 5.91 Å². The van der Waals surface area contributed by atoms with E-state index in [0.29, 0.717) is 5.92 Å². The van der Waals surface area contributed by atoms with Gasteiger partial charge in [0, 0.05) is 54.2 Å². The zero-order valence-corrected chi connectivity index (χ0v) is 12.8. The van der Waals surface area contributed by atoms with Gasteiger partial charge in [0.1, 0.15) is 0 Å². The van der Waals surface area contributed by atoms with Gasteiger partial charge < -0.3 is 4.90 Å². The molecule has 116 valence electrons. The number of carbonyl (C=O) groups is 1. The third kappa shape index (κ3) is 2.59. The Kier molecular flexibility index (Phi) is 3.54. The number of likely N-dealkylation sites (tertiary alicyclic amines) is 1. The van der Waals surface area contributed by atoms with Crippen molar-refractivity contribution in [3.05, 3.63) is 60.2 Å². The van der Waals surface area contributed by atoms with E-state index in [1.54, 1.807) is 18.6 Å². The van der Waals surface area contributed by atoms with E-state index in [1.807, 2.05) is 35.2 Å². The van der Waals surface area contributed by atoms with Crippen molar-refractivity contribution in [2.24, 2.45) is 0 Å². The molecule has 1 fully saturated rings. The Balaban J connectivity index is 1.63. The number of fused-ring (bicyclic) bond motifs is 1. The SMILES string of the molecule is O=C(c1cccc2cnccc12)N1CCCC(c2ccn[nH]2)C1. The molecule has 1 atom stereocenters. The number of H-pyrrole nitrogens is 1. The molecule has 3 aromatic rings. The number of hydrogen-bond donors (Lipinski definition) is 1. The molecule has 23 heavy (non-hydrogen) atoms. The van der Waals surface area contributed by atoms with Crippen molar-refractivity contribution in [2.75, 3.05) is 13.1 Å². The summed E-state index contributed by atoms with van der Waals surface area (Å²) < 4.78 is 0. The summed E-state index contributed by atoms with van der Waals surface area (Å²) in [7, 11) is 0. The summed E-state index contributed by atoms with van der Waals surface area (Å²) in [4.78, 5) is 19.1. The van der Waals surface area contributed by atoms with E-state index in [2.05, 4.69) is 15.2 Å². The van der Waals surface area contributed by atoms with Crippen molar-refractivity contribution in [3.8, 4) is 0 Å². The summed E-state index contributed by atoms with van der Waals surface area (Å²) in [6.45, 7) is 1.55. The number of aromatic amines is 1.